The third-order valence-electron chi connectivity index (χ3n) is 3.96. The van der Waals surface area contributed by atoms with Crippen molar-refractivity contribution in [3.05, 3.63) is 59.1 Å². The molecule has 0 bridgehead atoms. The zero-order valence-electron chi connectivity index (χ0n) is 12.5. The Balaban J connectivity index is 1.55. The van der Waals surface area contributed by atoms with Crippen molar-refractivity contribution in [3.63, 3.8) is 0 Å². The van der Waals surface area contributed by atoms with E-state index in [-0.39, 0.29) is 17.7 Å². The van der Waals surface area contributed by atoms with Gasteiger partial charge in [0.05, 0.1) is 0 Å². The standard InChI is InChI=1S/C18H17ClN2O2/c19-14-6-8-15(9-7-14)20-17(22)10-5-13-11-12-3-1-2-4-16(12)21-18(13)23/h1-4,6-9,13H,5,10-11H2,(H,20,22)(H,21,23). The summed E-state index contributed by atoms with van der Waals surface area (Å²) in [6.45, 7) is 0. The van der Waals surface area contributed by atoms with Crippen LogP contribution in [0.5, 0.6) is 0 Å². The predicted octanol–water partition coefficient (Wildman–Crippen LogP) is 3.87. The molecule has 1 unspecified atom stereocenters. The van der Waals surface area contributed by atoms with E-state index in [9.17, 15) is 9.59 Å². The predicted molar refractivity (Wildman–Crippen MR) is 91.6 cm³/mol. The minimum Gasteiger partial charge on any atom is -0.326 e. The molecule has 1 atom stereocenters. The Morgan fingerprint density at radius 1 is 1.17 bits per heavy atom. The van der Waals surface area contributed by atoms with Crippen molar-refractivity contribution >= 4 is 34.8 Å². The molecule has 1 aliphatic rings. The van der Waals surface area contributed by atoms with Crippen molar-refractivity contribution in [3.8, 4) is 0 Å². The average Bonchev–Trinajstić information content (AvgIpc) is 2.55. The van der Waals surface area contributed by atoms with E-state index in [0.29, 0.717) is 30.0 Å². The van der Waals surface area contributed by atoms with Crippen molar-refractivity contribution in [1.29, 1.82) is 0 Å². The Kier molecular flexibility index (Phi) is 4.63. The number of nitrogens with one attached hydrogen (secondary N) is 2. The van der Waals surface area contributed by atoms with Crippen LogP contribution in [-0.2, 0) is 16.0 Å². The van der Waals surface area contributed by atoms with Crippen LogP contribution in [0.1, 0.15) is 18.4 Å². The first-order chi connectivity index (χ1) is 11.1. The fourth-order valence-electron chi connectivity index (χ4n) is 2.71. The number of halogens is 1. The highest BCUT2D eigenvalue weighted by molar-refractivity contribution is 6.30. The van der Waals surface area contributed by atoms with Crippen molar-refractivity contribution in [2.45, 2.75) is 19.3 Å². The normalized spacial score (nSPS) is 16.4. The van der Waals surface area contributed by atoms with E-state index in [2.05, 4.69) is 10.6 Å². The lowest BCUT2D eigenvalue weighted by molar-refractivity contribution is -0.121. The van der Waals surface area contributed by atoms with Gasteiger partial charge in [0, 0.05) is 28.7 Å². The topological polar surface area (TPSA) is 58.2 Å². The van der Waals surface area contributed by atoms with Gasteiger partial charge in [0.1, 0.15) is 0 Å². The molecule has 5 heteroatoms. The van der Waals surface area contributed by atoms with Gasteiger partial charge in [0.15, 0.2) is 0 Å². The number of anilines is 2. The van der Waals surface area contributed by atoms with Gasteiger partial charge in [-0.2, -0.15) is 0 Å². The number of fused-ring (bicyclic) bond motifs is 1. The molecule has 3 rings (SSSR count). The van der Waals surface area contributed by atoms with Crippen LogP contribution >= 0.6 is 11.6 Å². The van der Waals surface area contributed by atoms with Crippen LogP contribution in [0.25, 0.3) is 0 Å². The molecular weight excluding hydrogens is 312 g/mol. The van der Waals surface area contributed by atoms with Gasteiger partial charge in [-0.1, -0.05) is 29.8 Å². The number of hydrogen-bond acceptors (Lipinski definition) is 2. The van der Waals surface area contributed by atoms with Gasteiger partial charge >= 0.3 is 0 Å². The minimum atomic E-state index is -0.166. The smallest absolute Gasteiger partial charge is 0.227 e. The van der Waals surface area contributed by atoms with Crippen LogP contribution in [0, 0.1) is 5.92 Å². The van der Waals surface area contributed by atoms with E-state index in [1.54, 1.807) is 24.3 Å². The highest BCUT2D eigenvalue weighted by Gasteiger charge is 2.26. The molecule has 0 radical (unpaired) electrons. The summed E-state index contributed by atoms with van der Waals surface area (Å²) in [6, 6.07) is 14.7. The summed E-state index contributed by atoms with van der Waals surface area (Å²) in [5, 5.41) is 6.34. The molecule has 2 amide bonds. The van der Waals surface area contributed by atoms with E-state index in [0.717, 1.165) is 11.3 Å². The van der Waals surface area contributed by atoms with E-state index in [1.807, 2.05) is 24.3 Å². The van der Waals surface area contributed by atoms with E-state index in [1.165, 1.54) is 0 Å². The second-order valence-corrected chi connectivity index (χ2v) is 6.08. The molecule has 0 aliphatic carbocycles. The lowest BCUT2D eigenvalue weighted by Gasteiger charge is -2.24. The fraction of sp³-hybridized carbons (Fsp3) is 0.222. The fourth-order valence-corrected chi connectivity index (χ4v) is 2.83. The summed E-state index contributed by atoms with van der Waals surface area (Å²) in [4.78, 5) is 24.1. The molecule has 1 aliphatic heterocycles. The van der Waals surface area contributed by atoms with Crippen LogP contribution in [0.15, 0.2) is 48.5 Å². The second-order valence-electron chi connectivity index (χ2n) is 5.64. The van der Waals surface area contributed by atoms with Crippen molar-refractivity contribution in [2.24, 2.45) is 5.92 Å². The summed E-state index contributed by atoms with van der Waals surface area (Å²) in [7, 11) is 0. The summed E-state index contributed by atoms with van der Waals surface area (Å²) >= 11 is 5.81. The first-order valence-electron chi connectivity index (χ1n) is 7.56. The zero-order valence-corrected chi connectivity index (χ0v) is 13.3. The molecule has 0 saturated carbocycles. The number of para-hydroxylation sites is 1. The molecule has 2 N–H and O–H groups in total. The largest absolute Gasteiger partial charge is 0.326 e. The van der Waals surface area contributed by atoms with Crippen LogP contribution < -0.4 is 10.6 Å². The molecule has 0 saturated heterocycles. The van der Waals surface area contributed by atoms with Crippen molar-refractivity contribution in [1.82, 2.24) is 0 Å². The van der Waals surface area contributed by atoms with E-state index in [4.69, 9.17) is 11.6 Å². The lowest BCUT2D eigenvalue weighted by atomic mass is 9.89. The lowest BCUT2D eigenvalue weighted by Crippen LogP contribution is -2.30. The number of rotatable bonds is 4. The third kappa shape index (κ3) is 3.90. The Morgan fingerprint density at radius 3 is 2.70 bits per heavy atom. The summed E-state index contributed by atoms with van der Waals surface area (Å²) in [6.07, 6.45) is 1.51. The molecule has 118 valence electrons. The molecule has 4 nitrogen and oxygen atoms in total. The number of benzene rings is 2. The van der Waals surface area contributed by atoms with Gasteiger partial charge in [-0.15, -0.1) is 0 Å². The Morgan fingerprint density at radius 2 is 1.91 bits per heavy atom. The maximum absolute atomic E-state index is 12.1. The van der Waals surface area contributed by atoms with Crippen molar-refractivity contribution < 1.29 is 9.59 Å². The number of hydrogen-bond donors (Lipinski definition) is 2. The zero-order chi connectivity index (χ0) is 16.2. The first kappa shape index (κ1) is 15.6. The van der Waals surface area contributed by atoms with Gasteiger partial charge < -0.3 is 10.6 Å². The molecular formula is C18H17ClN2O2. The van der Waals surface area contributed by atoms with Gasteiger partial charge in [-0.25, -0.2) is 0 Å². The van der Waals surface area contributed by atoms with Crippen LogP contribution in [0.2, 0.25) is 5.02 Å². The Hall–Kier alpha value is -2.33. The molecule has 0 spiro atoms. The van der Waals surface area contributed by atoms with Gasteiger partial charge in [0.2, 0.25) is 11.8 Å². The quantitative estimate of drug-likeness (QED) is 0.895. The summed E-state index contributed by atoms with van der Waals surface area (Å²) in [5.41, 5.74) is 2.70. The van der Waals surface area contributed by atoms with E-state index < -0.39 is 0 Å². The summed E-state index contributed by atoms with van der Waals surface area (Å²) in [5.74, 6) is -0.275. The minimum absolute atomic E-state index is 0.0111. The van der Waals surface area contributed by atoms with Gasteiger partial charge in [0.25, 0.3) is 0 Å². The molecule has 2 aromatic rings. The third-order valence-corrected chi connectivity index (χ3v) is 4.21. The maximum atomic E-state index is 12.1. The highest BCUT2D eigenvalue weighted by Crippen LogP contribution is 2.27. The number of amides is 2. The van der Waals surface area contributed by atoms with Crippen LogP contribution in [0.4, 0.5) is 11.4 Å². The maximum Gasteiger partial charge on any atom is 0.227 e. The van der Waals surface area contributed by atoms with E-state index >= 15 is 0 Å². The monoisotopic (exact) mass is 328 g/mol. The van der Waals surface area contributed by atoms with Crippen LogP contribution in [0.3, 0.4) is 0 Å². The molecule has 2 aromatic carbocycles. The highest BCUT2D eigenvalue weighted by atomic mass is 35.5. The van der Waals surface area contributed by atoms with Gasteiger partial charge in [-0.05, 0) is 48.7 Å². The van der Waals surface area contributed by atoms with Gasteiger partial charge in [-0.3, -0.25) is 9.59 Å². The average molecular weight is 329 g/mol. The first-order valence-corrected chi connectivity index (χ1v) is 7.94. The number of carbonyl (C=O) groups excluding carboxylic acids is 2. The number of carbonyl (C=O) groups is 2. The van der Waals surface area contributed by atoms with Crippen LogP contribution in [-0.4, -0.2) is 11.8 Å². The Labute approximate surface area is 139 Å². The Bertz CT molecular complexity index is 728. The second kappa shape index (κ2) is 6.84. The van der Waals surface area contributed by atoms with Crippen molar-refractivity contribution in [2.75, 3.05) is 10.6 Å². The SMILES string of the molecule is O=C(CCC1Cc2ccccc2NC1=O)Nc1ccc(Cl)cc1. The molecule has 0 fully saturated rings. The molecule has 0 aromatic heterocycles. The summed E-state index contributed by atoms with van der Waals surface area (Å²) < 4.78 is 0. The molecule has 1 heterocycles. The molecule has 23 heavy (non-hydrogen) atoms.